The molecule has 1 aromatic carbocycles. The Labute approximate surface area is 106 Å². The molecule has 1 aromatic rings. The Bertz CT molecular complexity index is 404. The van der Waals surface area contributed by atoms with Gasteiger partial charge in [-0.25, -0.2) is 0 Å². The summed E-state index contributed by atoms with van der Waals surface area (Å²) in [5.41, 5.74) is 2.38. The molecule has 2 aliphatic heterocycles. The van der Waals surface area contributed by atoms with Gasteiger partial charge in [0.1, 0.15) is 6.04 Å². The zero-order chi connectivity index (χ0) is 11.7. The van der Waals surface area contributed by atoms with Crippen LogP contribution in [0.25, 0.3) is 0 Å². The quantitative estimate of drug-likeness (QED) is 0.819. The highest BCUT2D eigenvalue weighted by molar-refractivity contribution is 7.99. The number of amides is 1. The van der Waals surface area contributed by atoms with Crippen LogP contribution in [0.3, 0.4) is 0 Å². The molecule has 1 atom stereocenters. The van der Waals surface area contributed by atoms with E-state index in [1.165, 1.54) is 5.56 Å². The minimum Gasteiger partial charge on any atom is -0.373 e. The molecule has 2 aliphatic rings. The fourth-order valence-electron chi connectivity index (χ4n) is 2.45. The van der Waals surface area contributed by atoms with Crippen molar-refractivity contribution in [2.75, 3.05) is 29.9 Å². The maximum atomic E-state index is 12.3. The summed E-state index contributed by atoms with van der Waals surface area (Å²) in [6, 6.07) is 8.15. The number of fused-ring (bicyclic) bond motifs is 1. The van der Waals surface area contributed by atoms with E-state index in [-0.39, 0.29) is 11.9 Å². The van der Waals surface area contributed by atoms with Crippen molar-refractivity contribution in [3.63, 3.8) is 0 Å². The molecule has 0 aliphatic carbocycles. The van der Waals surface area contributed by atoms with Crippen LogP contribution in [-0.4, -0.2) is 41.4 Å². The number of anilines is 1. The maximum absolute atomic E-state index is 12.3. The van der Waals surface area contributed by atoms with Gasteiger partial charge in [-0.3, -0.25) is 4.79 Å². The number of hydrogen-bond acceptors (Lipinski definition) is 3. The number of carbonyl (C=O) groups is 1. The standard InChI is InChI=1S/C13H16N2OS/c16-13(15-5-7-17-8-6-15)12-9-10-3-1-2-4-11(10)14-12/h1-4,12,14H,5-9H2. The van der Waals surface area contributed by atoms with Crippen LogP contribution in [0.5, 0.6) is 0 Å². The van der Waals surface area contributed by atoms with Crippen LogP contribution in [0.4, 0.5) is 5.69 Å². The average molecular weight is 248 g/mol. The molecular weight excluding hydrogens is 232 g/mol. The SMILES string of the molecule is O=C(C1Cc2ccccc2N1)N1CCSCC1. The molecule has 90 valence electrons. The van der Waals surface area contributed by atoms with Crippen molar-refractivity contribution in [2.45, 2.75) is 12.5 Å². The monoisotopic (exact) mass is 248 g/mol. The van der Waals surface area contributed by atoms with E-state index in [1.54, 1.807) is 0 Å². The number of para-hydroxylation sites is 1. The Kier molecular flexibility index (Phi) is 2.97. The van der Waals surface area contributed by atoms with Gasteiger partial charge in [0.15, 0.2) is 0 Å². The summed E-state index contributed by atoms with van der Waals surface area (Å²) >= 11 is 1.93. The summed E-state index contributed by atoms with van der Waals surface area (Å²) in [5.74, 6) is 2.41. The first-order chi connectivity index (χ1) is 8.34. The van der Waals surface area contributed by atoms with E-state index >= 15 is 0 Å². The Morgan fingerprint density at radius 3 is 2.82 bits per heavy atom. The number of carbonyl (C=O) groups excluding carboxylic acids is 1. The van der Waals surface area contributed by atoms with Crippen LogP contribution in [0.15, 0.2) is 24.3 Å². The molecule has 1 fully saturated rings. The lowest BCUT2D eigenvalue weighted by molar-refractivity contribution is -0.131. The highest BCUT2D eigenvalue weighted by Crippen LogP contribution is 2.26. The highest BCUT2D eigenvalue weighted by atomic mass is 32.2. The maximum Gasteiger partial charge on any atom is 0.245 e. The number of benzene rings is 1. The van der Waals surface area contributed by atoms with Gasteiger partial charge in [0.05, 0.1) is 0 Å². The second-order valence-corrected chi connectivity index (χ2v) is 5.72. The first-order valence-corrected chi connectivity index (χ1v) is 7.21. The van der Waals surface area contributed by atoms with Crippen LogP contribution in [0.1, 0.15) is 5.56 Å². The number of thioether (sulfide) groups is 1. The van der Waals surface area contributed by atoms with E-state index < -0.39 is 0 Å². The molecular formula is C13H16N2OS. The van der Waals surface area contributed by atoms with Gasteiger partial charge in [0.2, 0.25) is 5.91 Å². The van der Waals surface area contributed by atoms with Crippen molar-refractivity contribution >= 4 is 23.4 Å². The largest absolute Gasteiger partial charge is 0.373 e. The summed E-state index contributed by atoms with van der Waals surface area (Å²) in [6.07, 6.45) is 0.832. The zero-order valence-corrected chi connectivity index (χ0v) is 10.5. The second-order valence-electron chi connectivity index (χ2n) is 4.50. The molecule has 17 heavy (non-hydrogen) atoms. The van der Waals surface area contributed by atoms with Crippen LogP contribution < -0.4 is 5.32 Å². The highest BCUT2D eigenvalue weighted by Gasteiger charge is 2.30. The molecule has 1 saturated heterocycles. The third-order valence-corrected chi connectivity index (χ3v) is 4.33. The molecule has 1 N–H and O–H groups in total. The topological polar surface area (TPSA) is 32.3 Å². The van der Waals surface area contributed by atoms with Gasteiger partial charge in [-0.2, -0.15) is 11.8 Å². The fraction of sp³-hybridized carbons (Fsp3) is 0.462. The Morgan fingerprint density at radius 1 is 1.29 bits per heavy atom. The summed E-state index contributed by atoms with van der Waals surface area (Å²) in [5, 5.41) is 3.33. The van der Waals surface area contributed by atoms with Crippen LogP contribution >= 0.6 is 11.8 Å². The molecule has 3 nitrogen and oxygen atoms in total. The number of rotatable bonds is 1. The molecule has 2 heterocycles. The van der Waals surface area contributed by atoms with Gasteiger partial charge in [0.25, 0.3) is 0 Å². The van der Waals surface area contributed by atoms with E-state index in [0.29, 0.717) is 0 Å². The van der Waals surface area contributed by atoms with Crippen molar-refractivity contribution in [3.8, 4) is 0 Å². The van der Waals surface area contributed by atoms with Gasteiger partial charge >= 0.3 is 0 Å². The lowest BCUT2D eigenvalue weighted by atomic mass is 10.1. The Hall–Kier alpha value is -1.16. The van der Waals surface area contributed by atoms with Crippen LogP contribution in [0.2, 0.25) is 0 Å². The average Bonchev–Trinajstić information content (AvgIpc) is 2.82. The van der Waals surface area contributed by atoms with Gasteiger partial charge in [-0.05, 0) is 11.6 Å². The van der Waals surface area contributed by atoms with Gasteiger partial charge in [-0.1, -0.05) is 18.2 Å². The normalized spacial score (nSPS) is 23.1. The lowest BCUT2D eigenvalue weighted by Gasteiger charge is -2.28. The van der Waals surface area contributed by atoms with Crippen molar-refractivity contribution < 1.29 is 4.79 Å². The van der Waals surface area contributed by atoms with Gasteiger partial charge < -0.3 is 10.2 Å². The molecule has 0 bridgehead atoms. The molecule has 3 rings (SSSR count). The third-order valence-electron chi connectivity index (χ3n) is 3.39. The summed E-state index contributed by atoms with van der Waals surface area (Å²) in [6.45, 7) is 1.80. The first kappa shape index (κ1) is 11.0. The predicted octanol–water partition coefficient (Wildman–Crippen LogP) is 1.60. The molecule has 0 spiro atoms. The van der Waals surface area contributed by atoms with Crippen molar-refractivity contribution in [1.29, 1.82) is 0 Å². The van der Waals surface area contributed by atoms with E-state index in [1.807, 2.05) is 28.8 Å². The Balaban J connectivity index is 1.69. The molecule has 4 heteroatoms. The van der Waals surface area contributed by atoms with E-state index in [9.17, 15) is 4.79 Å². The van der Waals surface area contributed by atoms with Crippen molar-refractivity contribution in [3.05, 3.63) is 29.8 Å². The Morgan fingerprint density at radius 2 is 2.06 bits per heavy atom. The fourth-order valence-corrected chi connectivity index (χ4v) is 3.35. The zero-order valence-electron chi connectivity index (χ0n) is 9.69. The molecule has 0 saturated carbocycles. The molecule has 0 radical (unpaired) electrons. The molecule has 1 unspecified atom stereocenters. The third kappa shape index (κ3) is 2.14. The first-order valence-electron chi connectivity index (χ1n) is 6.05. The van der Waals surface area contributed by atoms with Crippen molar-refractivity contribution in [2.24, 2.45) is 0 Å². The smallest absolute Gasteiger partial charge is 0.245 e. The van der Waals surface area contributed by atoms with E-state index in [0.717, 1.165) is 36.7 Å². The van der Waals surface area contributed by atoms with Crippen molar-refractivity contribution in [1.82, 2.24) is 4.90 Å². The minimum absolute atomic E-state index is 0.0458. The summed E-state index contributed by atoms with van der Waals surface area (Å²) < 4.78 is 0. The van der Waals surface area contributed by atoms with Gasteiger partial charge in [0, 0.05) is 36.7 Å². The minimum atomic E-state index is -0.0458. The second kappa shape index (κ2) is 4.61. The number of nitrogens with one attached hydrogen (secondary N) is 1. The lowest BCUT2D eigenvalue weighted by Crippen LogP contribution is -2.45. The molecule has 1 amide bonds. The van der Waals surface area contributed by atoms with Gasteiger partial charge in [-0.15, -0.1) is 0 Å². The van der Waals surface area contributed by atoms with E-state index in [4.69, 9.17) is 0 Å². The molecule has 0 aromatic heterocycles. The number of nitrogens with zero attached hydrogens (tertiary/aromatic N) is 1. The predicted molar refractivity (Wildman–Crippen MR) is 71.5 cm³/mol. The summed E-state index contributed by atoms with van der Waals surface area (Å²) in [7, 11) is 0. The van der Waals surface area contributed by atoms with Crippen LogP contribution in [-0.2, 0) is 11.2 Å². The van der Waals surface area contributed by atoms with Crippen LogP contribution in [0, 0.1) is 0 Å². The van der Waals surface area contributed by atoms with E-state index in [2.05, 4.69) is 17.4 Å². The summed E-state index contributed by atoms with van der Waals surface area (Å²) in [4.78, 5) is 14.3. The number of hydrogen-bond donors (Lipinski definition) is 1.